The molecule has 0 bridgehead atoms. The molecule has 24 heavy (non-hydrogen) atoms. The fourth-order valence-electron chi connectivity index (χ4n) is 2.16. The zero-order chi connectivity index (χ0) is 17.5. The van der Waals surface area contributed by atoms with Gasteiger partial charge < -0.3 is 14.2 Å². The van der Waals surface area contributed by atoms with Gasteiger partial charge in [-0.3, -0.25) is 4.21 Å². The van der Waals surface area contributed by atoms with Crippen LogP contribution in [0.25, 0.3) is 6.08 Å². The Balaban J connectivity index is 2.15. The molecule has 0 N–H and O–H groups in total. The fraction of sp³-hybridized carbons (Fsp3) is 0.222. The van der Waals surface area contributed by atoms with E-state index in [-0.39, 0.29) is 5.82 Å². The van der Waals surface area contributed by atoms with Crippen molar-refractivity contribution in [3.05, 3.63) is 58.8 Å². The molecule has 0 amide bonds. The highest BCUT2D eigenvalue weighted by atomic mass is 32.2. The molecule has 0 aromatic heterocycles. The lowest BCUT2D eigenvalue weighted by Gasteiger charge is -2.13. The van der Waals surface area contributed by atoms with E-state index < -0.39 is 10.8 Å². The smallest absolute Gasteiger partial charge is 0.203 e. The van der Waals surface area contributed by atoms with Gasteiger partial charge in [-0.1, -0.05) is 12.1 Å². The Morgan fingerprint density at radius 3 is 2.08 bits per heavy atom. The highest BCUT2D eigenvalue weighted by Gasteiger charge is 2.13. The average Bonchev–Trinajstić information content (AvgIpc) is 2.60. The maximum atomic E-state index is 12.9. The van der Waals surface area contributed by atoms with E-state index in [0.717, 1.165) is 11.1 Å². The molecule has 0 heterocycles. The summed E-state index contributed by atoms with van der Waals surface area (Å²) in [5.74, 6) is 1.54. The quantitative estimate of drug-likeness (QED) is 0.762. The van der Waals surface area contributed by atoms with E-state index in [4.69, 9.17) is 14.2 Å². The van der Waals surface area contributed by atoms with E-state index >= 15 is 0 Å². The van der Waals surface area contributed by atoms with Crippen LogP contribution in [0.1, 0.15) is 11.1 Å². The number of ether oxygens (including phenoxy) is 3. The zero-order valence-electron chi connectivity index (χ0n) is 13.7. The number of hydrogen-bond donors (Lipinski definition) is 0. The fourth-order valence-corrected chi connectivity index (χ4v) is 3.06. The van der Waals surface area contributed by atoms with Crippen LogP contribution in [0.15, 0.2) is 41.8 Å². The normalized spacial score (nSPS) is 12.2. The van der Waals surface area contributed by atoms with Gasteiger partial charge in [-0.25, -0.2) is 4.39 Å². The van der Waals surface area contributed by atoms with Crippen LogP contribution in [0.5, 0.6) is 17.2 Å². The van der Waals surface area contributed by atoms with Gasteiger partial charge in [-0.2, -0.15) is 0 Å². The Labute approximate surface area is 143 Å². The predicted molar refractivity (Wildman–Crippen MR) is 93.4 cm³/mol. The minimum atomic E-state index is -1.23. The van der Waals surface area contributed by atoms with E-state index in [2.05, 4.69) is 0 Å². The first-order chi connectivity index (χ1) is 11.6. The molecule has 0 aliphatic rings. The molecular formula is C18H19FO4S. The molecule has 0 spiro atoms. The van der Waals surface area contributed by atoms with E-state index in [0.29, 0.717) is 23.0 Å². The molecule has 2 aromatic rings. The molecule has 0 aliphatic carbocycles. The average molecular weight is 350 g/mol. The number of rotatable bonds is 7. The molecule has 6 heteroatoms. The van der Waals surface area contributed by atoms with Crippen LogP contribution >= 0.6 is 0 Å². The first kappa shape index (κ1) is 18.0. The van der Waals surface area contributed by atoms with Crippen molar-refractivity contribution in [2.75, 3.05) is 21.3 Å². The third-order valence-corrected chi connectivity index (χ3v) is 4.37. The summed E-state index contributed by atoms with van der Waals surface area (Å²) < 4.78 is 40.9. The van der Waals surface area contributed by atoms with Gasteiger partial charge >= 0.3 is 0 Å². The maximum Gasteiger partial charge on any atom is 0.203 e. The van der Waals surface area contributed by atoms with Gasteiger partial charge in [0.1, 0.15) is 5.82 Å². The van der Waals surface area contributed by atoms with Crippen LogP contribution in [0.4, 0.5) is 4.39 Å². The molecule has 0 radical (unpaired) electrons. The van der Waals surface area contributed by atoms with E-state index in [1.165, 1.54) is 33.5 Å². The van der Waals surface area contributed by atoms with Crippen molar-refractivity contribution in [2.45, 2.75) is 5.75 Å². The molecule has 0 fully saturated rings. The molecule has 0 saturated heterocycles. The van der Waals surface area contributed by atoms with Gasteiger partial charge in [-0.05, 0) is 41.5 Å². The lowest BCUT2D eigenvalue weighted by atomic mass is 10.2. The minimum Gasteiger partial charge on any atom is -0.493 e. The van der Waals surface area contributed by atoms with Gasteiger partial charge in [0.05, 0.1) is 37.9 Å². The summed E-state index contributed by atoms with van der Waals surface area (Å²) >= 11 is 0. The minimum absolute atomic E-state index is 0.300. The summed E-state index contributed by atoms with van der Waals surface area (Å²) in [6.07, 6.45) is 1.70. The summed E-state index contributed by atoms with van der Waals surface area (Å²) in [6.45, 7) is 0. The van der Waals surface area contributed by atoms with Crippen molar-refractivity contribution in [3.63, 3.8) is 0 Å². The van der Waals surface area contributed by atoms with Crippen molar-refractivity contribution in [1.29, 1.82) is 0 Å². The van der Waals surface area contributed by atoms with E-state index in [1.54, 1.807) is 35.7 Å². The number of benzene rings is 2. The molecule has 1 unspecified atom stereocenters. The molecule has 0 aliphatic heterocycles. The standard InChI is InChI=1S/C18H19FO4S/c1-21-16-10-14(11-17(22-2)18(16)23-3)12-24(20)9-8-13-4-6-15(19)7-5-13/h4-11H,12H2,1-3H3/b9-8+. The third kappa shape index (κ3) is 4.58. The molecule has 128 valence electrons. The highest BCUT2D eigenvalue weighted by Crippen LogP contribution is 2.38. The summed E-state index contributed by atoms with van der Waals surface area (Å²) in [5, 5.41) is 1.58. The summed E-state index contributed by atoms with van der Waals surface area (Å²) in [5.41, 5.74) is 1.58. The Hall–Kier alpha value is -2.34. The second-order valence-corrected chi connectivity index (χ2v) is 6.24. The maximum absolute atomic E-state index is 12.9. The van der Waals surface area contributed by atoms with Crippen LogP contribution in [0.2, 0.25) is 0 Å². The Bertz CT molecular complexity index is 716. The second kappa shape index (κ2) is 8.49. The van der Waals surface area contributed by atoms with Gasteiger partial charge in [0, 0.05) is 5.41 Å². The van der Waals surface area contributed by atoms with Gasteiger partial charge in [0.2, 0.25) is 5.75 Å². The molecule has 1 atom stereocenters. The third-order valence-electron chi connectivity index (χ3n) is 3.32. The van der Waals surface area contributed by atoms with Crippen molar-refractivity contribution in [2.24, 2.45) is 0 Å². The van der Waals surface area contributed by atoms with Crippen LogP contribution in [-0.4, -0.2) is 25.5 Å². The molecule has 0 saturated carbocycles. The summed E-state index contributed by atoms with van der Waals surface area (Å²) in [6, 6.07) is 9.52. The van der Waals surface area contributed by atoms with E-state index in [1.807, 2.05) is 0 Å². The van der Waals surface area contributed by atoms with Crippen molar-refractivity contribution in [1.82, 2.24) is 0 Å². The number of methoxy groups -OCH3 is 3. The van der Waals surface area contributed by atoms with Crippen LogP contribution in [-0.2, 0) is 16.6 Å². The Morgan fingerprint density at radius 2 is 1.58 bits per heavy atom. The second-order valence-electron chi connectivity index (χ2n) is 4.91. The highest BCUT2D eigenvalue weighted by molar-refractivity contribution is 7.87. The molecular weight excluding hydrogens is 331 g/mol. The Morgan fingerprint density at radius 1 is 1.00 bits per heavy atom. The monoisotopic (exact) mass is 350 g/mol. The van der Waals surface area contributed by atoms with Crippen LogP contribution in [0, 0.1) is 5.82 Å². The lowest BCUT2D eigenvalue weighted by molar-refractivity contribution is 0.324. The Kier molecular flexibility index (Phi) is 6.37. The first-order valence-electron chi connectivity index (χ1n) is 7.17. The van der Waals surface area contributed by atoms with E-state index in [9.17, 15) is 8.60 Å². The molecule has 2 aromatic carbocycles. The van der Waals surface area contributed by atoms with Crippen molar-refractivity contribution in [3.8, 4) is 17.2 Å². The van der Waals surface area contributed by atoms with Gasteiger partial charge in [0.25, 0.3) is 0 Å². The molecule has 2 rings (SSSR count). The zero-order valence-corrected chi connectivity index (χ0v) is 14.6. The number of halogens is 1. The summed E-state index contributed by atoms with van der Waals surface area (Å²) in [4.78, 5) is 0. The van der Waals surface area contributed by atoms with Crippen molar-refractivity contribution < 1.29 is 22.8 Å². The number of hydrogen-bond acceptors (Lipinski definition) is 4. The van der Waals surface area contributed by atoms with Crippen LogP contribution < -0.4 is 14.2 Å². The summed E-state index contributed by atoms with van der Waals surface area (Å²) in [7, 11) is 3.37. The predicted octanol–water partition coefficient (Wildman–Crippen LogP) is 3.77. The molecule has 4 nitrogen and oxygen atoms in total. The van der Waals surface area contributed by atoms with Gasteiger partial charge in [-0.15, -0.1) is 0 Å². The first-order valence-corrected chi connectivity index (χ1v) is 8.55. The lowest BCUT2D eigenvalue weighted by Crippen LogP contribution is -1.98. The largest absolute Gasteiger partial charge is 0.493 e. The van der Waals surface area contributed by atoms with Crippen LogP contribution in [0.3, 0.4) is 0 Å². The SMILES string of the molecule is COc1cc(CS(=O)/C=C/c2ccc(F)cc2)cc(OC)c1OC. The van der Waals surface area contributed by atoms with Gasteiger partial charge in [0.15, 0.2) is 11.5 Å². The topological polar surface area (TPSA) is 44.8 Å². The van der Waals surface area contributed by atoms with Crippen molar-refractivity contribution >= 4 is 16.9 Å².